The second-order valence-electron chi connectivity index (χ2n) is 5.98. The Bertz CT molecular complexity index is 722. The van der Waals surface area contributed by atoms with E-state index in [9.17, 15) is 9.59 Å². The Hall–Kier alpha value is -2.30. The second-order valence-corrected chi connectivity index (χ2v) is 5.98. The summed E-state index contributed by atoms with van der Waals surface area (Å²) in [6.07, 6.45) is 3.81. The predicted molar refractivity (Wildman–Crippen MR) is 87.9 cm³/mol. The Morgan fingerprint density at radius 1 is 1.35 bits per heavy atom. The number of aryl methyl sites for hydroxylation is 1. The van der Waals surface area contributed by atoms with E-state index in [1.54, 1.807) is 6.92 Å². The summed E-state index contributed by atoms with van der Waals surface area (Å²) in [5.74, 6) is -0.590. The van der Waals surface area contributed by atoms with Crippen LogP contribution in [0.1, 0.15) is 26.2 Å². The van der Waals surface area contributed by atoms with Crippen LogP contribution in [-0.2, 0) is 20.9 Å². The first kappa shape index (κ1) is 15.6. The van der Waals surface area contributed by atoms with Crippen molar-refractivity contribution in [3.05, 3.63) is 36.5 Å². The highest BCUT2D eigenvalue weighted by Crippen LogP contribution is 2.34. The van der Waals surface area contributed by atoms with Gasteiger partial charge in [0.15, 0.2) is 0 Å². The monoisotopic (exact) mass is 314 g/mol. The van der Waals surface area contributed by atoms with Gasteiger partial charge in [-0.05, 0) is 43.7 Å². The number of hydrogen-bond donors (Lipinski definition) is 1. The largest absolute Gasteiger partial charge is 0.465 e. The second kappa shape index (κ2) is 6.44. The third-order valence-electron chi connectivity index (χ3n) is 4.63. The summed E-state index contributed by atoms with van der Waals surface area (Å²) < 4.78 is 7.30. The summed E-state index contributed by atoms with van der Waals surface area (Å²) in [7, 11) is 0. The molecule has 2 heterocycles. The fourth-order valence-electron chi connectivity index (χ4n) is 3.33. The van der Waals surface area contributed by atoms with Crippen molar-refractivity contribution in [2.75, 3.05) is 13.2 Å². The normalized spacial score (nSPS) is 21.2. The van der Waals surface area contributed by atoms with Crippen LogP contribution >= 0.6 is 0 Å². The van der Waals surface area contributed by atoms with Gasteiger partial charge in [-0.3, -0.25) is 9.59 Å². The van der Waals surface area contributed by atoms with Crippen LogP contribution in [0.3, 0.4) is 0 Å². The molecule has 1 aliphatic heterocycles. The molecule has 23 heavy (non-hydrogen) atoms. The van der Waals surface area contributed by atoms with Crippen molar-refractivity contribution in [1.82, 2.24) is 9.88 Å². The van der Waals surface area contributed by atoms with Crippen LogP contribution in [0.25, 0.3) is 10.9 Å². The molecule has 1 aromatic carbocycles. The number of hydrogen-bond acceptors (Lipinski definition) is 3. The first-order valence-corrected chi connectivity index (χ1v) is 8.17. The maximum absolute atomic E-state index is 12.5. The van der Waals surface area contributed by atoms with Gasteiger partial charge in [0.2, 0.25) is 5.91 Å². The highest BCUT2D eigenvalue weighted by molar-refractivity contribution is 6.03. The van der Waals surface area contributed by atoms with Crippen LogP contribution < -0.4 is 5.32 Å². The van der Waals surface area contributed by atoms with Crippen molar-refractivity contribution in [1.29, 1.82) is 0 Å². The van der Waals surface area contributed by atoms with E-state index < -0.39 is 11.4 Å². The van der Waals surface area contributed by atoms with Crippen LogP contribution in [0, 0.1) is 5.41 Å². The van der Waals surface area contributed by atoms with E-state index in [-0.39, 0.29) is 5.91 Å². The molecule has 5 nitrogen and oxygen atoms in total. The molecule has 1 N–H and O–H groups in total. The fraction of sp³-hybridized carbons (Fsp3) is 0.444. The van der Waals surface area contributed by atoms with E-state index in [1.807, 2.05) is 30.5 Å². The highest BCUT2D eigenvalue weighted by Gasteiger charge is 2.48. The zero-order valence-electron chi connectivity index (χ0n) is 13.4. The van der Waals surface area contributed by atoms with Gasteiger partial charge in [-0.2, -0.15) is 0 Å². The molecule has 0 spiro atoms. The number of piperidine rings is 1. The Kier molecular flexibility index (Phi) is 4.37. The number of amides is 1. The number of rotatable bonds is 5. The zero-order valence-corrected chi connectivity index (χ0v) is 13.4. The number of benzene rings is 1. The molecule has 0 aliphatic carbocycles. The lowest BCUT2D eigenvalue weighted by molar-refractivity contribution is -0.163. The highest BCUT2D eigenvalue weighted by atomic mass is 16.5. The number of ether oxygens (including phenoxy) is 1. The van der Waals surface area contributed by atoms with E-state index >= 15 is 0 Å². The quantitative estimate of drug-likeness (QED) is 0.681. The summed E-state index contributed by atoms with van der Waals surface area (Å²) in [6.45, 7) is 3.30. The number of fused-ring (bicyclic) bond motifs is 1. The molecule has 0 radical (unpaired) electrons. The number of aromatic nitrogens is 1. The molecule has 1 fully saturated rings. The van der Waals surface area contributed by atoms with Gasteiger partial charge in [-0.1, -0.05) is 18.2 Å². The number of esters is 1. The molecule has 1 aromatic heterocycles. The molecular formula is C18H22N2O3. The Labute approximate surface area is 135 Å². The van der Waals surface area contributed by atoms with Crippen molar-refractivity contribution < 1.29 is 14.3 Å². The fourth-order valence-corrected chi connectivity index (χ4v) is 3.33. The molecule has 1 aliphatic rings. The number of nitrogens with zero attached hydrogens (tertiary/aromatic N) is 1. The Morgan fingerprint density at radius 2 is 2.17 bits per heavy atom. The predicted octanol–water partition coefficient (Wildman–Crippen LogP) is 2.49. The summed E-state index contributed by atoms with van der Waals surface area (Å²) in [5, 5.41) is 3.99. The number of carbonyl (C=O) groups is 2. The first-order chi connectivity index (χ1) is 11.2. The van der Waals surface area contributed by atoms with Gasteiger partial charge < -0.3 is 14.6 Å². The average Bonchev–Trinajstić information content (AvgIpc) is 2.98. The van der Waals surface area contributed by atoms with Gasteiger partial charge in [0.05, 0.1) is 6.61 Å². The number of nitrogens with one attached hydrogen (secondary N) is 1. The van der Waals surface area contributed by atoms with Crippen molar-refractivity contribution in [2.45, 2.75) is 32.7 Å². The topological polar surface area (TPSA) is 60.3 Å². The van der Waals surface area contributed by atoms with Crippen molar-refractivity contribution in [3.8, 4) is 0 Å². The minimum atomic E-state index is -1.06. The molecular weight excluding hydrogens is 292 g/mol. The maximum atomic E-state index is 12.5. The molecule has 0 bridgehead atoms. The van der Waals surface area contributed by atoms with Gasteiger partial charge >= 0.3 is 5.97 Å². The standard InChI is InChI=1S/C18H22N2O3/c1-2-23-17(22)18(9-5-11-19-16(18)21)10-13-20-12-8-14-6-3-4-7-15(14)20/h3-4,6-8,12H,2,5,9-11,13H2,1H3,(H,19,21). The molecule has 5 heteroatoms. The van der Waals surface area contributed by atoms with Crippen LogP contribution in [0.5, 0.6) is 0 Å². The van der Waals surface area contributed by atoms with Gasteiger partial charge in [0, 0.05) is 24.8 Å². The van der Waals surface area contributed by atoms with E-state index in [1.165, 1.54) is 0 Å². The third kappa shape index (κ3) is 2.83. The smallest absolute Gasteiger partial charge is 0.321 e. The van der Waals surface area contributed by atoms with Crippen LogP contribution in [0.15, 0.2) is 36.5 Å². The van der Waals surface area contributed by atoms with E-state index in [2.05, 4.69) is 16.0 Å². The Morgan fingerprint density at radius 3 is 2.96 bits per heavy atom. The lowest BCUT2D eigenvalue weighted by atomic mass is 9.77. The average molecular weight is 314 g/mol. The summed E-state index contributed by atoms with van der Waals surface area (Å²) >= 11 is 0. The molecule has 1 saturated heterocycles. The van der Waals surface area contributed by atoms with Gasteiger partial charge in [0.25, 0.3) is 0 Å². The number of para-hydroxylation sites is 1. The molecule has 1 amide bonds. The SMILES string of the molecule is CCOC(=O)C1(CCn2ccc3ccccc32)CCCNC1=O. The Balaban J connectivity index is 1.84. The lowest BCUT2D eigenvalue weighted by Gasteiger charge is -2.33. The molecule has 0 saturated carbocycles. The summed E-state index contributed by atoms with van der Waals surface area (Å²) in [5.41, 5.74) is 0.0577. The summed E-state index contributed by atoms with van der Waals surface area (Å²) in [4.78, 5) is 24.9. The third-order valence-corrected chi connectivity index (χ3v) is 4.63. The van der Waals surface area contributed by atoms with Crippen molar-refractivity contribution in [2.24, 2.45) is 5.41 Å². The van der Waals surface area contributed by atoms with Gasteiger partial charge in [0.1, 0.15) is 5.41 Å². The van der Waals surface area contributed by atoms with Crippen molar-refractivity contribution in [3.63, 3.8) is 0 Å². The minimum absolute atomic E-state index is 0.196. The van der Waals surface area contributed by atoms with Crippen LogP contribution in [-0.4, -0.2) is 29.6 Å². The molecule has 122 valence electrons. The zero-order chi connectivity index (χ0) is 16.3. The number of carbonyl (C=O) groups excluding carboxylic acids is 2. The van der Waals surface area contributed by atoms with E-state index in [0.29, 0.717) is 32.5 Å². The van der Waals surface area contributed by atoms with Crippen LogP contribution in [0.2, 0.25) is 0 Å². The summed E-state index contributed by atoms with van der Waals surface area (Å²) in [6, 6.07) is 10.1. The van der Waals surface area contributed by atoms with Gasteiger partial charge in [-0.25, -0.2) is 0 Å². The van der Waals surface area contributed by atoms with Crippen LogP contribution in [0.4, 0.5) is 0 Å². The molecule has 2 aromatic rings. The minimum Gasteiger partial charge on any atom is -0.465 e. The maximum Gasteiger partial charge on any atom is 0.321 e. The van der Waals surface area contributed by atoms with E-state index in [0.717, 1.165) is 17.3 Å². The first-order valence-electron chi connectivity index (χ1n) is 8.17. The van der Waals surface area contributed by atoms with E-state index in [4.69, 9.17) is 4.74 Å². The van der Waals surface area contributed by atoms with Gasteiger partial charge in [-0.15, -0.1) is 0 Å². The molecule has 1 atom stereocenters. The van der Waals surface area contributed by atoms with Crippen molar-refractivity contribution >= 4 is 22.8 Å². The molecule has 3 rings (SSSR count). The molecule has 1 unspecified atom stereocenters. The lowest BCUT2D eigenvalue weighted by Crippen LogP contribution is -2.51.